The lowest BCUT2D eigenvalue weighted by Gasteiger charge is -2.31. The predicted molar refractivity (Wildman–Crippen MR) is 61.5 cm³/mol. The summed E-state index contributed by atoms with van der Waals surface area (Å²) in [6.07, 6.45) is 0.0597. The predicted octanol–water partition coefficient (Wildman–Crippen LogP) is 1.18. The Labute approximate surface area is 94.9 Å². The minimum Gasteiger partial charge on any atom is -0.465 e. The molecule has 16 heavy (non-hydrogen) atoms. The van der Waals surface area contributed by atoms with E-state index in [2.05, 4.69) is 17.4 Å². The molecule has 1 aromatic carbocycles. The number of carbonyl (C=O) groups is 1. The Hall–Kier alpha value is -1.55. The van der Waals surface area contributed by atoms with E-state index in [1.807, 2.05) is 18.2 Å². The van der Waals surface area contributed by atoms with Gasteiger partial charge in [0.25, 0.3) is 0 Å². The zero-order valence-electron chi connectivity index (χ0n) is 9.10. The summed E-state index contributed by atoms with van der Waals surface area (Å²) in [5.41, 5.74) is 1.24. The molecule has 2 rings (SSSR count). The van der Waals surface area contributed by atoms with Crippen LogP contribution in [0.4, 0.5) is 4.79 Å². The van der Waals surface area contributed by atoms with Gasteiger partial charge >= 0.3 is 6.09 Å². The van der Waals surface area contributed by atoms with Crippen LogP contribution in [-0.2, 0) is 6.42 Å². The second kappa shape index (κ2) is 4.99. The highest BCUT2D eigenvalue weighted by Gasteiger charge is 2.22. The molecule has 86 valence electrons. The first-order valence-electron chi connectivity index (χ1n) is 5.51. The van der Waals surface area contributed by atoms with Gasteiger partial charge in [-0.1, -0.05) is 30.3 Å². The van der Waals surface area contributed by atoms with Crippen molar-refractivity contribution in [3.63, 3.8) is 0 Å². The first kappa shape index (κ1) is 11.0. The Kier molecular flexibility index (Phi) is 3.41. The van der Waals surface area contributed by atoms with Crippen molar-refractivity contribution in [2.45, 2.75) is 12.5 Å². The summed E-state index contributed by atoms with van der Waals surface area (Å²) >= 11 is 0. The normalized spacial score (nSPS) is 20.8. The third-order valence-corrected chi connectivity index (χ3v) is 2.85. The maximum atomic E-state index is 10.9. The van der Waals surface area contributed by atoms with Crippen LogP contribution in [0, 0.1) is 0 Å². The fourth-order valence-electron chi connectivity index (χ4n) is 2.03. The van der Waals surface area contributed by atoms with Crippen molar-refractivity contribution in [1.29, 1.82) is 0 Å². The summed E-state index contributed by atoms with van der Waals surface area (Å²) in [5, 5.41) is 12.3. The van der Waals surface area contributed by atoms with Gasteiger partial charge in [-0.05, 0) is 12.0 Å². The molecule has 4 nitrogen and oxygen atoms in total. The molecule has 1 aliphatic rings. The number of piperazine rings is 1. The molecule has 0 aliphatic carbocycles. The van der Waals surface area contributed by atoms with Gasteiger partial charge in [-0.15, -0.1) is 0 Å². The Bertz CT molecular complexity index is 353. The summed E-state index contributed by atoms with van der Waals surface area (Å²) < 4.78 is 0. The minimum absolute atomic E-state index is 0.229. The van der Waals surface area contributed by atoms with Crippen LogP contribution in [0.5, 0.6) is 0 Å². The lowest BCUT2D eigenvalue weighted by Crippen LogP contribution is -2.53. The number of amides is 1. The van der Waals surface area contributed by atoms with Crippen LogP contribution < -0.4 is 5.32 Å². The maximum Gasteiger partial charge on any atom is 0.407 e. The molecule has 4 heteroatoms. The monoisotopic (exact) mass is 220 g/mol. The summed E-state index contributed by atoms with van der Waals surface area (Å²) in [6, 6.07) is 10.4. The SMILES string of the molecule is O=C(O)N1CCNC(Cc2ccccc2)C1. The number of carboxylic acid groups (broad SMARTS) is 1. The molecule has 1 fully saturated rings. The van der Waals surface area contributed by atoms with Crippen molar-refractivity contribution in [1.82, 2.24) is 10.2 Å². The van der Waals surface area contributed by atoms with Gasteiger partial charge in [0.1, 0.15) is 0 Å². The molecule has 1 heterocycles. The molecule has 0 saturated carbocycles. The topological polar surface area (TPSA) is 52.6 Å². The van der Waals surface area contributed by atoms with Crippen molar-refractivity contribution >= 4 is 6.09 Å². The molecule has 1 amide bonds. The van der Waals surface area contributed by atoms with Crippen LogP contribution in [0.2, 0.25) is 0 Å². The quantitative estimate of drug-likeness (QED) is 0.787. The van der Waals surface area contributed by atoms with Crippen molar-refractivity contribution < 1.29 is 9.90 Å². The first-order valence-corrected chi connectivity index (χ1v) is 5.51. The lowest BCUT2D eigenvalue weighted by atomic mass is 10.0. The second-order valence-electron chi connectivity index (χ2n) is 4.07. The average molecular weight is 220 g/mol. The van der Waals surface area contributed by atoms with E-state index in [0.717, 1.165) is 13.0 Å². The molecule has 1 aliphatic heterocycles. The summed E-state index contributed by atoms with van der Waals surface area (Å²) in [4.78, 5) is 12.3. The third-order valence-electron chi connectivity index (χ3n) is 2.85. The number of rotatable bonds is 2. The third kappa shape index (κ3) is 2.73. The van der Waals surface area contributed by atoms with Gasteiger partial charge < -0.3 is 15.3 Å². The molecular formula is C12H16N2O2. The minimum atomic E-state index is -0.820. The Balaban J connectivity index is 1.93. The Morgan fingerprint density at radius 2 is 2.19 bits per heavy atom. The second-order valence-corrected chi connectivity index (χ2v) is 4.07. The number of benzene rings is 1. The van der Waals surface area contributed by atoms with Gasteiger partial charge in [-0.25, -0.2) is 4.79 Å². The van der Waals surface area contributed by atoms with Gasteiger partial charge in [0.2, 0.25) is 0 Å². The van der Waals surface area contributed by atoms with Crippen LogP contribution in [-0.4, -0.2) is 41.8 Å². The average Bonchev–Trinajstić information content (AvgIpc) is 2.30. The molecule has 0 aromatic heterocycles. The van der Waals surface area contributed by atoms with E-state index in [1.165, 1.54) is 10.5 Å². The number of hydrogen-bond acceptors (Lipinski definition) is 2. The molecule has 2 N–H and O–H groups in total. The number of hydrogen-bond donors (Lipinski definition) is 2. The van der Waals surface area contributed by atoms with E-state index in [4.69, 9.17) is 5.11 Å². The smallest absolute Gasteiger partial charge is 0.407 e. The molecule has 1 saturated heterocycles. The molecule has 1 aromatic rings. The van der Waals surface area contributed by atoms with Crippen LogP contribution in [0.1, 0.15) is 5.56 Å². The van der Waals surface area contributed by atoms with Crippen LogP contribution in [0.25, 0.3) is 0 Å². The van der Waals surface area contributed by atoms with E-state index in [9.17, 15) is 4.79 Å². The van der Waals surface area contributed by atoms with Gasteiger partial charge in [-0.2, -0.15) is 0 Å². The highest BCUT2D eigenvalue weighted by Crippen LogP contribution is 2.07. The lowest BCUT2D eigenvalue weighted by molar-refractivity contribution is 0.128. The Morgan fingerprint density at radius 1 is 1.44 bits per heavy atom. The summed E-state index contributed by atoms with van der Waals surface area (Å²) in [5.74, 6) is 0. The number of nitrogens with zero attached hydrogens (tertiary/aromatic N) is 1. The fraction of sp³-hybridized carbons (Fsp3) is 0.417. The summed E-state index contributed by atoms with van der Waals surface area (Å²) in [7, 11) is 0. The highest BCUT2D eigenvalue weighted by atomic mass is 16.4. The van der Waals surface area contributed by atoms with E-state index >= 15 is 0 Å². The molecule has 1 unspecified atom stereocenters. The van der Waals surface area contributed by atoms with E-state index in [0.29, 0.717) is 13.1 Å². The van der Waals surface area contributed by atoms with Crippen molar-refractivity contribution in [2.75, 3.05) is 19.6 Å². The molecule has 0 spiro atoms. The standard InChI is InChI=1S/C12H16N2O2/c15-12(16)14-7-6-13-11(9-14)8-10-4-2-1-3-5-10/h1-5,11,13H,6-9H2,(H,15,16). The zero-order valence-corrected chi connectivity index (χ0v) is 9.10. The number of nitrogens with one attached hydrogen (secondary N) is 1. The molecular weight excluding hydrogens is 204 g/mol. The molecule has 0 bridgehead atoms. The van der Waals surface area contributed by atoms with Crippen LogP contribution >= 0.6 is 0 Å². The van der Waals surface area contributed by atoms with Crippen LogP contribution in [0.3, 0.4) is 0 Å². The molecule has 1 atom stereocenters. The van der Waals surface area contributed by atoms with Gasteiger partial charge in [0, 0.05) is 25.7 Å². The van der Waals surface area contributed by atoms with Crippen molar-refractivity contribution in [3.05, 3.63) is 35.9 Å². The summed E-state index contributed by atoms with van der Waals surface area (Å²) in [6.45, 7) is 1.90. The largest absolute Gasteiger partial charge is 0.465 e. The first-order chi connectivity index (χ1) is 7.75. The molecule has 0 radical (unpaired) electrons. The zero-order chi connectivity index (χ0) is 11.4. The van der Waals surface area contributed by atoms with Crippen molar-refractivity contribution in [2.24, 2.45) is 0 Å². The van der Waals surface area contributed by atoms with Gasteiger partial charge in [0.15, 0.2) is 0 Å². The highest BCUT2D eigenvalue weighted by molar-refractivity contribution is 5.65. The van der Waals surface area contributed by atoms with E-state index in [1.54, 1.807) is 0 Å². The van der Waals surface area contributed by atoms with Gasteiger partial charge in [-0.3, -0.25) is 0 Å². The van der Waals surface area contributed by atoms with Crippen LogP contribution in [0.15, 0.2) is 30.3 Å². The Morgan fingerprint density at radius 3 is 2.88 bits per heavy atom. The maximum absolute atomic E-state index is 10.9. The fourth-order valence-corrected chi connectivity index (χ4v) is 2.03. The van der Waals surface area contributed by atoms with Gasteiger partial charge in [0.05, 0.1) is 0 Å². The van der Waals surface area contributed by atoms with E-state index < -0.39 is 6.09 Å². The van der Waals surface area contributed by atoms with E-state index in [-0.39, 0.29) is 6.04 Å². The van der Waals surface area contributed by atoms with Crippen molar-refractivity contribution in [3.8, 4) is 0 Å².